The summed E-state index contributed by atoms with van der Waals surface area (Å²) in [6.07, 6.45) is 0. The summed E-state index contributed by atoms with van der Waals surface area (Å²) in [4.78, 5) is 22.4. The van der Waals surface area contributed by atoms with Gasteiger partial charge in [0.15, 0.2) is 0 Å². The molecule has 0 aliphatic heterocycles. The molecule has 0 bridgehead atoms. The predicted octanol–water partition coefficient (Wildman–Crippen LogP) is 2.55. The molecule has 98 valence electrons. The van der Waals surface area contributed by atoms with Crippen molar-refractivity contribution in [2.24, 2.45) is 0 Å². The molecule has 3 amide bonds. The minimum atomic E-state index is -0.977. The summed E-state index contributed by atoms with van der Waals surface area (Å²) in [6, 6.07) is 0.796. The lowest BCUT2D eigenvalue weighted by Crippen LogP contribution is -2.38. The molecule has 1 rings (SSSR count). The molecule has 7 heteroatoms. The molecule has 0 heterocycles. The lowest BCUT2D eigenvalue weighted by Gasteiger charge is -2.09. The molecule has 1 aromatic carbocycles. The Morgan fingerprint density at radius 3 is 2.44 bits per heavy atom. The van der Waals surface area contributed by atoms with Gasteiger partial charge in [0.25, 0.3) is 0 Å². The van der Waals surface area contributed by atoms with Crippen LogP contribution in [-0.2, 0) is 4.79 Å². The van der Waals surface area contributed by atoms with E-state index in [0.717, 1.165) is 12.1 Å². The molecule has 0 fully saturated rings. The molecule has 1 unspecified atom stereocenters. The number of urea groups is 1. The highest BCUT2D eigenvalue weighted by Gasteiger charge is 2.15. The van der Waals surface area contributed by atoms with Crippen molar-refractivity contribution in [2.75, 3.05) is 5.32 Å². The van der Waals surface area contributed by atoms with Gasteiger partial charge in [-0.05, 0) is 25.5 Å². The summed E-state index contributed by atoms with van der Waals surface area (Å²) in [6.45, 7) is 2.76. The van der Waals surface area contributed by atoms with Gasteiger partial charge in [-0.15, -0.1) is 11.6 Å². The number of carbonyl (C=O) groups is 2. The van der Waals surface area contributed by atoms with Crippen LogP contribution in [0.2, 0.25) is 0 Å². The second kappa shape index (κ2) is 5.77. The molecule has 0 aliphatic carbocycles. The van der Waals surface area contributed by atoms with Gasteiger partial charge in [-0.2, -0.15) is 0 Å². The van der Waals surface area contributed by atoms with Crippen LogP contribution in [0.15, 0.2) is 12.1 Å². The molecule has 0 aromatic heterocycles. The fraction of sp³-hybridized carbons (Fsp3) is 0.273. The van der Waals surface area contributed by atoms with E-state index in [0.29, 0.717) is 0 Å². The number of hydrogen-bond acceptors (Lipinski definition) is 2. The summed E-state index contributed by atoms with van der Waals surface area (Å²) < 4.78 is 26.5. The maximum Gasteiger partial charge on any atom is 0.326 e. The van der Waals surface area contributed by atoms with Crippen molar-refractivity contribution in [3.63, 3.8) is 0 Å². The Balaban J connectivity index is 2.76. The van der Waals surface area contributed by atoms with Gasteiger partial charge in [0.2, 0.25) is 5.91 Å². The molecule has 4 nitrogen and oxygen atoms in total. The highest BCUT2D eigenvalue weighted by atomic mass is 35.5. The minimum absolute atomic E-state index is 0.115. The fourth-order valence-corrected chi connectivity index (χ4v) is 1.16. The molecule has 1 atom stereocenters. The Hall–Kier alpha value is -1.69. The zero-order chi connectivity index (χ0) is 13.9. The Labute approximate surface area is 107 Å². The van der Waals surface area contributed by atoms with Gasteiger partial charge in [0, 0.05) is 6.07 Å². The van der Waals surface area contributed by atoms with Crippen LogP contribution in [0.1, 0.15) is 12.5 Å². The van der Waals surface area contributed by atoms with Crippen molar-refractivity contribution in [1.82, 2.24) is 5.32 Å². The summed E-state index contributed by atoms with van der Waals surface area (Å²) in [7, 11) is 0. The standard InChI is InChI=1S/C11H11ClF2N2O2/c1-5-3-8(14)9(4-7(5)13)15-11(18)16-10(17)6(2)12/h3-4,6H,1-2H3,(H2,15,16,17,18). The lowest BCUT2D eigenvalue weighted by molar-refractivity contribution is -0.119. The summed E-state index contributed by atoms with van der Waals surface area (Å²) in [5.74, 6) is -2.19. The van der Waals surface area contributed by atoms with E-state index < -0.39 is 28.9 Å². The molecule has 0 aliphatic rings. The monoisotopic (exact) mass is 276 g/mol. The Morgan fingerprint density at radius 2 is 1.89 bits per heavy atom. The normalized spacial score (nSPS) is 11.8. The van der Waals surface area contributed by atoms with Crippen molar-refractivity contribution in [2.45, 2.75) is 19.2 Å². The van der Waals surface area contributed by atoms with Crippen LogP contribution in [0.4, 0.5) is 19.3 Å². The number of benzene rings is 1. The number of rotatable bonds is 2. The zero-order valence-corrected chi connectivity index (χ0v) is 10.4. The van der Waals surface area contributed by atoms with E-state index in [1.807, 2.05) is 10.6 Å². The molecule has 0 radical (unpaired) electrons. The third kappa shape index (κ3) is 3.66. The van der Waals surface area contributed by atoms with E-state index in [4.69, 9.17) is 11.6 Å². The van der Waals surface area contributed by atoms with Crippen molar-refractivity contribution >= 4 is 29.2 Å². The number of carbonyl (C=O) groups excluding carboxylic acids is 2. The molecule has 18 heavy (non-hydrogen) atoms. The van der Waals surface area contributed by atoms with Gasteiger partial charge in [-0.1, -0.05) is 0 Å². The number of anilines is 1. The van der Waals surface area contributed by atoms with Crippen LogP contribution in [0.3, 0.4) is 0 Å². The number of halogens is 3. The van der Waals surface area contributed by atoms with Gasteiger partial charge < -0.3 is 5.32 Å². The number of aryl methyl sites for hydroxylation is 1. The van der Waals surface area contributed by atoms with E-state index in [-0.39, 0.29) is 11.3 Å². The Morgan fingerprint density at radius 1 is 1.28 bits per heavy atom. The molecular formula is C11H11ClF2N2O2. The second-order valence-electron chi connectivity index (χ2n) is 3.64. The van der Waals surface area contributed by atoms with Crippen LogP contribution in [0.5, 0.6) is 0 Å². The SMILES string of the molecule is Cc1cc(F)c(NC(=O)NC(=O)C(C)Cl)cc1F. The third-order valence-corrected chi connectivity index (χ3v) is 2.29. The average Bonchev–Trinajstić information content (AvgIpc) is 2.25. The second-order valence-corrected chi connectivity index (χ2v) is 4.30. The first-order valence-corrected chi connectivity index (χ1v) is 5.46. The number of amides is 3. The topological polar surface area (TPSA) is 58.2 Å². The summed E-state index contributed by atoms with van der Waals surface area (Å²) in [5, 5.41) is 2.99. The molecule has 0 saturated carbocycles. The van der Waals surface area contributed by atoms with Gasteiger partial charge in [-0.3, -0.25) is 10.1 Å². The van der Waals surface area contributed by atoms with Crippen LogP contribution in [0.25, 0.3) is 0 Å². The maximum absolute atomic E-state index is 13.4. The predicted molar refractivity (Wildman–Crippen MR) is 63.6 cm³/mol. The average molecular weight is 277 g/mol. The van der Waals surface area contributed by atoms with Crippen molar-refractivity contribution in [1.29, 1.82) is 0 Å². The van der Waals surface area contributed by atoms with Crippen LogP contribution < -0.4 is 10.6 Å². The first-order valence-electron chi connectivity index (χ1n) is 5.03. The zero-order valence-electron chi connectivity index (χ0n) is 9.68. The van der Waals surface area contributed by atoms with Crippen molar-refractivity contribution < 1.29 is 18.4 Å². The largest absolute Gasteiger partial charge is 0.326 e. The van der Waals surface area contributed by atoms with Crippen LogP contribution in [-0.4, -0.2) is 17.3 Å². The molecule has 2 N–H and O–H groups in total. The number of alkyl halides is 1. The van der Waals surface area contributed by atoms with Gasteiger partial charge >= 0.3 is 6.03 Å². The van der Waals surface area contributed by atoms with E-state index in [2.05, 4.69) is 0 Å². The maximum atomic E-state index is 13.4. The molecule has 0 spiro atoms. The summed E-state index contributed by atoms with van der Waals surface area (Å²) >= 11 is 5.43. The lowest BCUT2D eigenvalue weighted by atomic mass is 10.2. The van der Waals surface area contributed by atoms with Gasteiger partial charge in [0.05, 0.1) is 5.69 Å². The first-order chi connectivity index (χ1) is 8.31. The number of hydrogen-bond donors (Lipinski definition) is 2. The van der Waals surface area contributed by atoms with E-state index in [1.165, 1.54) is 13.8 Å². The smallest absolute Gasteiger partial charge is 0.305 e. The fourth-order valence-electron chi connectivity index (χ4n) is 1.11. The van der Waals surface area contributed by atoms with Crippen molar-refractivity contribution in [3.05, 3.63) is 29.3 Å². The summed E-state index contributed by atoms with van der Waals surface area (Å²) in [5.41, 5.74) is -0.241. The minimum Gasteiger partial charge on any atom is -0.305 e. The third-order valence-electron chi connectivity index (χ3n) is 2.09. The van der Waals surface area contributed by atoms with Crippen LogP contribution >= 0.6 is 11.6 Å². The highest BCUT2D eigenvalue weighted by Crippen LogP contribution is 2.18. The Kier molecular flexibility index (Phi) is 4.61. The molecule has 1 aromatic rings. The van der Waals surface area contributed by atoms with E-state index >= 15 is 0 Å². The number of nitrogens with one attached hydrogen (secondary N) is 2. The molecular weight excluding hydrogens is 266 g/mol. The Bertz CT molecular complexity index is 492. The van der Waals surface area contributed by atoms with E-state index in [9.17, 15) is 18.4 Å². The number of imide groups is 1. The van der Waals surface area contributed by atoms with Crippen LogP contribution in [0, 0.1) is 18.6 Å². The first kappa shape index (κ1) is 14.4. The quantitative estimate of drug-likeness (QED) is 0.816. The molecule has 0 saturated heterocycles. The van der Waals surface area contributed by atoms with Gasteiger partial charge in [0.1, 0.15) is 17.0 Å². The van der Waals surface area contributed by atoms with E-state index in [1.54, 1.807) is 0 Å². The van der Waals surface area contributed by atoms with Gasteiger partial charge in [-0.25, -0.2) is 13.6 Å². The van der Waals surface area contributed by atoms with Crippen molar-refractivity contribution in [3.8, 4) is 0 Å². The highest BCUT2D eigenvalue weighted by molar-refractivity contribution is 6.31.